The zero-order valence-corrected chi connectivity index (χ0v) is 13.1. The van der Waals surface area contributed by atoms with E-state index >= 15 is 0 Å². The summed E-state index contributed by atoms with van der Waals surface area (Å²) in [6.45, 7) is 2.66. The number of rotatable bonds is 4. The summed E-state index contributed by atoms with van der Waals surface area (Å²) in [6.07, 6.45) is 1.78. The summed E-state index contributed by atoms with van der Waals surface area (Å²) < 4.78 is 0. The average Bonchev–Trinajstić information content (AvgIpc) is 2.98. The van der Waals surface area contributed by atoms with E-state index in [0.717, 1.165) is 32.7 Å². The van der Waals surface area contributed by atoms with Crippen molar-refractivity contribution in [1.82, 2.24) is 9.97 Å². The van der Waals surface area contributed by atoms with Crippen molar-refractivity contribution in [3.63, 3.8) is 0 Å². The molecule has 106 valence electrons. The quantitative estimate of drug-likeness (QED) is 0.753. The van der Waals surface area contributed by atoms with Gasteiger partial charge in [-0.2, -0.15) is 0 Å². The van der Waals surface area contributed by atoms with E-state index in [1.165, 1.54) is 0 Å². The lowest BCUT2D eigenvalue weighted by molar-refractivity contribution is 1.07. The summed E-state index contributed by atoms with van der Waals surface area (Å²) in [5, 5.41) is 7.09. The van der Waals surface area contributed by atoms with Crippen molar-refractivity contribution < 1.29 is 0 Å². The minimum Gasteiger partial charge on any atom is -0.379 e. The molecule has 21 heavy (non-hydrogen) atoms. The normalized spacial score (nSPS) is 10.6. The van der Waals surface area contributed by atoms with Crippen LogP contribution < -0.4 is 5.32 Å². The molecule has 3 nitrogen and oxygen atoms in total. The van der Waals surface area contributed by atoms with Crippen LogP contribution in [0, 0.1) is 6.92 Å². The predicted octanol–water partition coefficient (Wildman–Crippen LogP) is 4.78. The van der Waals surface area contributed by atoms with Crippen LogP contribution in [-0.4, -0.2) is 9.97 Å². The lowest BCUT2D eigenvalue weighted by atomic mass is 10.2. The van der Waals surface area contributed by atoms with Crippen LogP contribution in [-0.2, 0) is 6.54 Å². The minimum atomic E-state index is 0.669. The summed E-state index contributed by atoms with van der Waals surface area (Å²) in [5.74, 6) is 0. The Balaban J connectivity index is 1.69. The minimum absolute atomic E-state index is 0.669. The van der Waals surface area contributed by atoms with Crippen molar-refractivity contribution >= 4 is 28.6 Å². The Morgan fingerprint density at radius 1 is 1.24 bits per heavy atom. The van der Waals surface area contributed by atoms with Gasteiger partial charge >= 0.3 is 0 Å². The highest BCUT2D eigenvalue weighted by molar-refractivity contribution is 7.13. The van der Waals surface area contributed by atoms with Gasteiger partial charge in [-0.05, 0) is 36.8 Å². The summed E-state index contributed by atoms with van der Waals surface area (Å²) in [7, 11) is 0. The SMILES string of the molecule is Cc1ccc(NCc2csc(-c3ccccn3)n2)cc1Cl. The van der Waals surface area contributed by atoms with E-state index in [1.807, 2.05) is 48.7 Å². The van der Waals surface area contributed by atoms with Gasteiger partial charge in [0.15, 0.2) is 0 Å². The van der Waals surface area contributed by atoms with E-state index < -0.39 is 0 Å². The fourth-order valence-electron chi connectivity index (χ4n) is 1.89. The Morgan fingerprint density at radius 2 is 2.14 bits per heavy atom. The van der Waals surface area contributed by atoms with Gasteiger partial charge in [0, 0.05) is 22.3 Å². The van der Waals surface area contributed by atoms with Gasteiger partial charge < -0.3 is 5.32 Å². The molecule has 0 atom stereocenters. The van der Waals surface area contributed by atoms with E-state index in [4.69, 9.17) is 11.6 Å². The summed E-state index contributed by atoms with van der Waals surface area (Å²) >= 11 is 7.72. The molecule has 0 bridgehead atoms. The number of thiazole rings is 1. The Hall–Kier alpha value is -1.91. The number of hydrogen-bond donors (Lipinski definition) is 1. The second-order valence-electron chi connectivity index (χ2n) is 4.68. The second kappa shape index (κ2) is 6.24. The van der Waals surface area contributed by atoms with Crippen LogP contribution in [0.15, 0.2) is 48.0 Å². The lowest BCUT2D eigenvalue weighted by Crippen LogP contribution is -1.99. The Morgan fingerprint density at radius 3 is 2.90 bits per heavy atom. The number of anilines is 1. The summed E-state index contributed by atoms with van der Waals surface area (Å²) in [5.41, 5.74) is 3.98. The molecule has 3 rings (SSSR count). The first-order chi connectivity index (χ1) is 10.2. The van der Waals surface area contributed by atoms with Crippen molar-refractivity contribution in [2.75, 3.05) is 5.32 Å². The highest BCUT2D eigenvalue weighted by atomic mass is 35.5. The van der Waals surface area contributed by atoms with E-state index in [-0.39, 0.29) is 0 Å². The maximum Gasteiger partial charge on any atom is 0.142 e. The standard InChI is InChI=1S/C16H14ClN3S/c1-11-5-6-12(8-14(11)17)19-9-13-10-21-16(20-13)15-4-2-3-7-18-15/h2-8,10,19H,9H2,1H3. The summed E-state index contributed by atoms with van der Waals surface area (Å²) in [6, 6.07) is 11.8. The van der Waals surface area contributed by atoms with Crippen molar-refractivity contribution in [3.8, 4) is 10.7 Å². The van der Waals surface area contributed by atoms with Gasteiger partial charge in [-0.3, -0.25) is 4.98 Å². The first kappa shape index (κ1) is 14.0. The molecule has 0 fully saturated rings. The maximum atomic E-state index is 6.12. The number of nitrogens with one attached hydrogen (secondary N) is 1. The van der Waals surface area contributed by atoms with E-state index in [9.17, 15) is 0 Å². The number of benzene rings is 1. The smallest absolute Gasteiger partial charge is 0.142 e. The monoisotopic (exact) mass is 315 g/mol. The third-order valence-corrected chi connectivity index (χ3v) is 4.40. The molecule has 5 heteroatoms. The molecule has 0 unspecified atom stereocenters. The van der Waals surface area contributed by atoms with Gasteiger partial charge in [-0.15, -0.1) is 11.3 Å². The third kappa shape index (κ3) is 3.40. The average molecular weight is 316 g/mol. The van der Waals surface area contributed by atoms with Crippen molar-refractivity contribution in [3.05, 3.63) is 64.3 Å². The molecule has 0 radical (unpaired) electrons. The van der Waals surface area contributed by atoms with Crippen molar-refractivity contribution in [2.45, 2.75) is 13.5 Å². The van der Waals surface area contributed by atoms with Crippen LogP contribution >= 0.6 is 22.9 Å². The molecule has 0 amide bonds. The van der Waals surface area contributed by atoms with Crippen LogP contribution in [0.1, 0.15) is 11.3 Å². The molecule has 1 aromatic carbocycles. The maximum absolute atomic E-state index is 6.12. The highest BCUT2D eigenvalue weighted by Crippen LogP contribution is 2.23. The molecule has 3 aromatic rings. The molecule has 0 aliphatic rings. The molecule has 0 saturated heterocycles. The molecule has 2 heterocycles. The molecule has 0 saturated carbocycles. The van der Waals surface area contributed by atoms with Gasteiger partial charge in [-0.1, -0.05) is 23.7 Å². The lowest BCUT2D eigenvalue weighted by Gasteiger charge is -2.06. The Kier molecular flexibility index (Phi) is 4.18. The number of halogens is 1. The third-order valence-electron chi connectivity index (χ3n) is 3.08. The van der Waals surface area contributed by atoms with Gasteiger partial charge in [0.05, 0.1) is 17.9 Å². The van der Waals surface area contributed by atoms with Gasteiger partial charge in [0.25, 0.3) is 0 Å². The van der Waals surface area contributed by atoms with Gasteiger partial charge in [0.1, 0.15) is 5.01 Å². The molecule has 0 spiro atoms. The molecular weight excluding hydrogens is 302 g/mol. The number of aromatic nitrogens is 2. The van der Waals surface area contributed by atoms with E-state index in [2.05, 4.69) is 15.3 Å². The van der Waals surface area contributed by atoms with Crippen LogP contribution in [0.3, 0.4) is 0 Å². The van der Waals surface area contributed by atoms with Crippen LogP contribution in [0.2, 0.25) is 5.02 Å². The van der Waals surface area contributed by atoms with Crippen LogP contribution in [0.4, 0.5) is 5.69 Å². The van der Waals surface area contributed by atoms with E-state index in [0.29, 0.717) is 6.54 Å². The van der Waals surface area contributed by atoms with Gasteiger partial charge in [0.2, 0.25) is 0 Å². The number of aryl methyl sites for hydroxylation is 1. The molecule has 0 aliphatic heterocycles. The Bertz CT molecular complexity index is 740. The molecule has 1 N–H and O–H groups in total. The topological polar surface area (TPSA) is 37.8 Å². The first-order valence-electron chi connectivity index (χ1n) is 6.58. The van der Waals surface area contributed by atoms with Crippen LogP contribution in [0.25, 0.3) is 10.7 Å². The number of pyridine rings is 1. The number of nitrogens with zero attached hydrogens (tertiary/aromatic N) is 2. The molecular formula is C16H14ClN3S. The highest BCUT2D eigenvalue weighted by Gasteiger charge is 2.05. The predicted molar refractivity (Wildman–Crippen MR) is 88.9 cm³/mol. The zero-order valence-electron chi connectivity index (χ0n) is 11.5. The van der Waals surface area contributed by atoms with Crippen molar-refractivity contribution in [1.29, 1.82) is 0 Å². The first-order valence-corrected chi connectivity index (χ1v) is 7.84. The summed E-state index contributed by atoms with van der Waals surface area (Å²) in [4.78, 5) is 8.91. The zero-order chi connectivity index (χ0) is 14.7. The Labute approximate surface area is 132 Å². The molecule has 2 aromatic heterocycles. The number of hydrogen-bond acceptors (Lipinski definition) is 4. The van der Waals surface area contributed by atoms with Gasteiger partial charge in [-0.25, -0.2) is 4.98 Å². The largest absolute Gasteiger partial charge is 0.379 e. The van der Waals surface area contributed by atoms with Crippen molar-refractivity contribution in [2.24, 2.45) is 0 Å². The van der Waals surface area contributed by atoms with Crippen LogP contribution in [0.5, 0.6) is 0 Å². The fourth-order valence-corrected chi connectivity index (χ4v) is 2.87. The molecule has 0 aliphatic carbocycles. The fraction of sp³-hybridized carbons (Fsp3) is 0.125. The van der Waals surface area contributed by atoms with E-state index in [1.54, 1.807) is 17.5 Å². The second-order valence-corrected chi connectivity index (χ2v) is 5.94.